The summed E-state index contributed by atoms with van der Waals surface area (Å²) in [6.07, 6.45) is 7.18. The molecule has 11 N–H and O–H groups in total. The van der Waals surface area contributed by atoms with E-state index in [1.165, 1.54) is 37.2 Å². The molecule has 2 heterocycles. The second-order valence-corrected chi connectivity index (χ2v) is 9.85. The van der Waals surface area contributed by atoms with Gasteiger partial charge in [0.1, 0.15) is 23.9 Å². The van der Waals surface area contributed by atoms with Crippen LogP contribution in [0.15, 0.2) is 49.3 Å². The standard InChI is InChI=1S/C27H37N9O6/c28-8-2-1-3-21(25(39)36-23(27(41)42)11-18-13-31-15-33-18)34-26(40)22(10-17-12-30-14-32-17)35-24(38)20(29)9-16-4-6-19(37)7-5-16/h4-7,12-15,20-23,37H,1-3,8-11,28-29H2,(H,30,32)(H,31,33)(H,34,40)(H,35,38)(H,36,39)(H,41,42). The number of unbranched alkanes of at least 4 members (excludes halogenated alkanes) is 1. The van der Waals surface area contributed by atoms with Crippen LogP contribution < -0.4 is 27.4 Å². The molecular formula is C27H37N9O6. The molecule has 3 rings (SSSR count). The van der Waals surface area contributed by atoms with Gasteiger partial charge in [-0.15, -0.1) is 0 Å². The van der Waals surface area contributed by atoms with Gasteiger partial charge in [0.25, 0.3) is 0 Å². The monoisotopic (exact) mass is 583 g/mol. The molecule has 15 heteroatoms. The molecule has 4 unspecified atom stereocenters. The van der Waals surface area contributed by atoms with E-state index in [-0.39, 0.29) is 31.4 Å². The number of amides is 3. The summed E-state index contributed by atoms with van der Waals surface area (Å²) in [5, 5.41) is 27.0. The second kappa shape index (κ2) is 15.9. The zero-order valence-corrected chi connectivity index (χ0v) is 23.0. The number of benzene rings is 1. The smallest absolute Gasteiger partial charge is 0.326 e. The minimum atomic E-state index is -1.27. The summed E-state index contributed by atoms with van der Waals surface area (Å²) in [6.45, 7) is 0.372. The first-order chi connectivity index (χ1) is 20.2. The number of aromatic nitrogens is 4. The van der Waals surface area contributed by atoms with Crippen molar-refractivity contribution in [3.8, 4) is 5.75 Å². The van der Waals surface area contributed by atoms with Crippen LogP contribution in [-0.4, -0.2) is 84.6 Å². The van der Waals surface area contributed by atoms with E-state index < -0.39 is 47.9 Å². The van der Waals surface area contributed by atoms with Gasteiger partial charge in [0.15, 0.2) is 0 Å². The van der Waals surface area contributed by atoms with Gasteiger partial charge < -0.3 is 47.6 Å². The number of aliphatic carboxylic acids is 1. The molecule has 0 aliphatic heterocycles. The Morgan fingerprint density at radius 2 is 1.33 bits per heavy atom. The predicted molar refractivity (Wildman–Crippen MR) is 151 cm³/mol. The Hall–Kier alpha value is -4.76. The first kappa shape index (κ1) is 31.8. The van der Waals surface area contributed by atoms with Crippen molar-refractivity contribution in [2.45, 2.75) is 62.7 Å². The summed E-state index contributed by atoms with van der Waals surface area (Å²) in [7, 11) is 0. The first-order valence-electron chi connectivity index (χ1n) is 13.5. The van der Waals surface area contributed by atoms with Crippen molar-refractivity contribution in [2.24, 2.45) is 11.5 Å². The molecule has 4 atom stereocenters. The van der Waals surface area contributed by atoms with E-state index in [1.807, 2.05) is 0 Å². The lowest BCUT2D eigenvalue weighted by molar-refractivity contribution is -0.142. The number of phenolic OH excluding ortho intramolecular Hbond substituents is 1. The van der Waals surface area contributed by atoms with Crippen LogP contribution in [0.1, 0.15) is 36.2 Å². The average Bonchev–Trinajstić information content (AvgIpc) is 3.67. The van der Waals surface area contributed by atoms with Crippen molar-refractivity contribution in [1.29, 1.82) is 0 Å². The molecule has 0 fully saturated rings. The fourth-order valence-corrected chi connectivity index (χ4v) is 4.21. The van der Waals surface area contributed by atoms with E-state index in [0.717, 1.165) is 0 Å². The number of carboxylic acid groups (broad SMARTS) is 1. The van der Waals surface area contributed by atoms with Gasteiger partial charge in [0.2, 0.25) is 17.7 Å². The van der Waals surface area contributed by atoms with Crippen LogP contribution in [0, 0.1) is 0 Å². The van der Waals surface area contributed by atoms with Crippen LogP contribution in [0.5, 0.6) is 5.75 Å². The number of hydrogen-bond acceptors (Lipinski definition) is 9. The van der Waals surface area contributed by atoms with Crippen molar-refractivity contribution in [3.63, 3.8) is 0 Å². The van der Waals surface area contributed by atoms with Crippen molar-refractivity contribution >= 4 is 23.7 Å². The van der Waals surface area contributed by atoms with Crippen molar-refractivity contribution in [3.05, 3.63) is 66.3 Å². The van der Waals surface area contributed by atoms with Gasteiger partial charge in [-0.1, -0.05) is 12.1 Å². The molecule has 0 spiro atoms. The number of H-pyrrole nitrogens is 2. The van der Waals surface area contributed by atoms with Crippen LogP contribution in [0.4, 0.5) is 0 Å². The van der Waals surface area contributed by atoms with Crippen molar-refractivity contribution < 1.29 is 29.4 Å². The van der Waals surface area contributed by atoms with Crippen LogP contribution >= 0.6 is 0 Å². The predicted octanol–water partition coefficient (Wildman–Crippen LogP) is -1.14. The number of carboxylic acids is 1. The number of carbonyl (C=O) groups excluding carboxylic acids is 3. The molecule has 42 heavy (non-hydrogen) atoms. The molecule has 0 aliphatic rings. The number of phenols is 1. The molecule has 3 aromatic rings. The molecule has 0 saturated heterocycles. The molecule has 0 bridgehead atoms. The fourth-order valence-electron chi connectivity index (χ4n) is 4.21. The Kier molecular flexibility index (Phi) is 12.0. The maximum Gasteiger partial charge on any atom is 0.326 e. The van der Waals surface area contributed by atoms with Gasteiger partial charge in [-0.05, 0) is 49.9 Å². The molecular weight excluding hydrogens is 546 g/mol. The zero-order valence-electron chi connectivity index (χ0n) is 23.0. The Balaban J connectivity index is 1.72. The molecule has 0 saturated carbocycles. The first-order valence-corrected chi connectivity index (χ1v) is 13.5. The number of imidazole rings is 2. The van der Waals surface area contributed by atoms with E-state index in [9.17, 15) is 29.4 Å². The lowest BCUT2D eigenvalue weighted by atomic mass is 10.0. The Labute approximate surface area is 241 Å². The van der Waals surface area contributed by atoms with Gasteiger partial charge in [-0.25, -0.2) is 14.8 Å². The summed E-state index contributed by atoms with van der Waals surface area (Å²) < 4.78 is 0. The van der Waals surface area contributed by atoms with Crippen LogP contribution in [0.2, 0.25) is 0 Å². The molecule has 3 amide bonds. The van der Waals surface area contributed by atoms with E-state index in [2.05, 4.69) is 35.9 Å². The van der Waals surface area contributed by atoms with E-state index in [0.29, 0.717) is 36.3 Å². The third-order valence-corrected chi connectivity index (χ3v) is 6.51. The van der Waals surface area contributed by atoms with Crippen LogP contribution in [0.25, 0.3) is 0 Å². The van der Waals surface area contributed by atoms with Crippen LogP contribution in [-0.2, 0) is 38.4 Å². The van der Waals surface area contributed by atoms with Gasteiger partial charge in [-0.2, -0.15) is 0 Å². The molecule has 2 aromatic heterocycles. The topological polar surface area (TPSA) is 254 Å². The zero-order chi connectivity index (χ0) is 30.5. The van der Waals surface area contributed by atoms with Gasteiger partial charge in [-0.3, -0.25) is 14.4 Å². The number of nitrogens with two attached hydrogens (primary N) is 2. The number of rotatable bonds is 17. The summed E-state index contributed by atoms with van der Waals surface area (Å²) in [5.74, 6) is -3.13. The molecule has 15 nitrogen and oxygen atoms in total. The highest BCUT2D eigenvalue weighted by Gasteiger charge is 2.31. The van der Waals surface area contributed by atoms with Crippen molar-refractivity contribution in [2.75, 3.05) is 6.54 Å². The Morgan fingerprint density at radius 3 is 1.88 bits per heavy atom. The highest BCUT2D eigenvalue weighted by atomic mass is 16.4. The average molecular weight is 584 g/mol. The van der Waals surface area contributed by atoms with E-state index in [1.54, 1.807) is 12.1 Å². The van der Waals surface area contributed by atoms with E-state index in [4.69, 9.17) is 11.5 Å². The Bertz CT molecular complexity index is 1280. The number of carbonyl (C=O) groups is 4. The summed E-state index contributed by atoms with van der Waals surface area (Å²) in [4.78, 5) is 65.1. The van der Waals surface area contributed by atoms with E-state index >= 15 is 0 Å². The second-order valence-electron chi connectivity index (χ2n) is 9.85. The third kappa shape index (κ3) is 10.0. The number of nitrogens with zero attached hydrogens (tertiary/aromatic N) is 2. The number of nitrogens with one attached hydrogen (secondary N) is 5. The quantitative estimate of drug-likeness (QED) is 0.0863. The lowest BCUT2D eigenvalue weighted by Crippen LogP contribution is -2.58. The minimum absolute atomic E-state index is 0.0260. The maximum absolute atomic E-state index is 13.5. The van der Waals surface area contributed by atoms with Crippen molar-refractivity contribution in [1.82, 2.24) is 35.9 Å². The summed E-state index contributed by atoms with van der Waals surface area (Å²) in [6, 6.07) is 1.73. The Morgan fingerprint density at radius 1 is 0.786 bits per heavy atom. The largest absolute Gasteiger partial charge is 0.508 e. The number of hydrogen-bond donors (Lipinski definition) is 9. The maximum atomic E-state index is 13.5. The summed E-state index contributed by atoms with van der Waals surface area (Å²) in [5.41, 5.74) is 13.5. The summed E-state index contributed by atoms with van der Waals surface area (Å²) >= 11 is 0. The number of aromatic hydroxyl groups is 1. The highest BCUT2D eigenvalue weighted by Crippen LogP contribution is 2.11. The molecule has 0 aliphatic carbocycles. The highest BCUT2D eigenvalue weighted by molar-refractivity contribution is 5.94. The lowest BCUT2D eigenvalue weighted by Gasteiger charge is -2.25. The van der Waals surface area contributed by atoms with Gasteiger partial charge in [0, 0.05) is 36.6 Å². The SMILES string of the molecule is NCCCCC(NC(=O)C(Cc1cnc[nH]1)NC(=O)C(N)Cc1ccc(O)cc1)C(=O)NC(Cc1cnc[nH]1)C(=O)O. The molecule has 0 radical (unpaired) electrons. The van der Waals surface area contributed by atoms with Crippen LogP contribution in [0.3, 0.4) is 0 Å². The van der Waals surface area contributed by atoms with Gasteiger partial charge in [0.05, 0.1) is 18.7 Å². The third-order valence-electron chi connectivity index (χ3n) is 6.51. The minimum Gasteiger partial charge on any atom is -0.508 e. The molecule has 226 valence electrons. The molecule has 1 aromatic carbocycles. The number of aromatic amines is 2. The van der Waals surface area contributed by atoms with Gasteiger partial charge >= 0.3 is 5.97 Å². The fraction of sp³-hybridized carbons (Fsp3) is 0.407. The normalized spacial score (nSPS) is 13.9.